The van der Waals surface area contributed by atoms with Gasteiger partial charge in [-0.3, -0.25) is 0 Å². The van der Waals surface area contributed by atoms with E-state index in [1.165, 1.54) is 44.2 Å². The highest BCUT2D eigenvalue weighted by Gasteiger charge is 2.17. The first-order valence-electron chi connectivity index (χ1n) is 11.6. The highest BCUT2D eigenvalue weighted by atomic mass is 16.6. The van der Waals surface area contributed by atoms with Crippen LogP contribution in [0.1, 0.15) is 31.1 Å². The maximum absolute atomic E-state index is 12.7. The second kappa shape index (κ2) is 12.3. The summed E-state index contributed by atoms with van der Waals surface area (Å²) in [5, 5.41) is 0. The summed E-state index contributed by atoms with van der Waals surface area (Å²) in [6, 6.07) is 16.9. The van der Waals surface area contributed by atoms with Crippen molar-refractivity contribution in [2.45, 2.75) is 20.8 Å². The minimum atomic E-state index is -0.679. The van der Waals surface area contributed by atoms with Crippen LogP contribution >= 0.6 is 0 Å². The summed E-state index contributed by atoms with van der Waals surface area (Å²) in [5.74, 6) is -1.65. The van der Waals surface area contributed by atoms with Crippen LogP contribution < -0.4 is 18.9 Å². The van der Waals surface area contributed by atoms with E-state index in [0.29, 0.717) is 16.9 Å². The average molecular weight is 527 g/mol. The monoisotopic (exact) mass is 526 g/mol. The first-order valence-corrected chi connectivity index (χ1v) is 11.6. The SMILES string of the molecule is C=C(C)C(=O)Oc1ccc(C(=O)Oc2ccc(-c3ccc(OC(=O)C(=C)C)cc3)c(OC(=O)C(=C)C)c2)cc1. The van der Waals surface area contributed by atoms with Crippen molar-refractivity contribution in [3.63, 3.8) is 0 Å². The van der Waals surface area contributed by atoms with Gasteiger partial charge in [-0.2, -0.15) is 0 Å². The van der Waals surface area contributed by atoms with E-state index < -0.39 is 23.9 Å². The summed E-state index contributed by atoms with van der Waals surface area (Å²) in [6.45, 7) is 15.2. The predicted molar refractivity (Wildman–Crippen MR) is 145 cm³/mol. The van der Waals surface area contributed by atoms with E-state index in [1.54, 1.807) is 43.3 Å². The molecule has 0 saturated carbocycles. The maximum Gasteiger partial charge on any atom is 0.343 e. The van der Waals surface area contributed by atoms with E-state index in [0.717, 1.165) is 0 Å². The van der Waals surface area contributed by atoms with Gasteiger partial charge in [-0.25, -0.2) is 19.2 Å². The van der Waals surface area contributed by atoms with Crippen molar-refractivity contribution in [1.82, 2.24) is 0 Å². The number of rotatable bonds is 9. The smallest absolute Gasteiger partial charge is 0.343 e. The Morgan fingerprint density at radius 2 is 0.974 bits per heavy atom. The molecule has 0 aliphatic heterocycles. The van der Waals surface area contributed by atoms with Crippen molar-refractivity contribution in [3.8, 4) is 34.1 Å². The molecule has 3 aromatic rings. The average Bonchev–Trinajstić information content (AvgIpc) is 2.89. The van der Waals surface area contributed by atoms with Gasteiger partial charge in [0.15, 0.2) is 0 Å². The van der Waals surface area contributed by atoms with E-state index in [-0.39, 0.29) is 39.5 Å². The van der Waals surface area contributed by atoms with Crippen molar-refractivity contribution in [1.29, 1.82) is 0 Å². The van der Waals surface area contributed by atoms with Crippen LogP contribution in [0.5, 0.6) is 23.0 Å². The Morgan fingerprint density at radius 3 is 1.46 bits per heavy atom. The molecule has 0 aromatic heterocycles. The fourth-order valence-electron chi connectivity index (χ4n) is 2.99. The van der Waals surface area contributed by atoms with Crippen LogP contribution in [0.4, 0.5) is 0 Å². The molecule has 0 atom stereocenters. The Bertz CT molecular complexity index is 1480. The van der Waals surface area contributed by atoms with E-state index in [1.807, 2.05) is 0 Å². The number of carbonyl (C=O) groups excluding carboxylic acids is 4. The molecule has 0 aliphatic carbocycles. The van der Waals surface area contributed by atoms with Gasteiger partial charge in [0, 0.05) is 28.3 Å². The van der Waals surface area contributed by atoms with Gasteiger partial charge in [0.1, 0.15) is 23.0 Å². The molecule has 0 bridgehead atoms. The molecule has 3 aromatic carbocycles. The van der Waals surface area contributed by atoms with Crippen LogP contribution in [0.2, 0.25) is 0 Å². The normalized spacial score (nSPS) is 10.1. The Hall–Kier alpha value is -5.24. The van der Waals surface area contributed by atoms with Gasteiger partial charge in [0.05, 0.1) is 5.56 Å². The zero-order chi connectivity index (χ0) is 28.7. The molecule has 0 radical (unpaired) electrons. The quantitative estimate of drug-likeness (QED) is 0.189. The van der Waals surface area contributed by atoms with Crippen LogP contribution in [0.3, 0.4) is 0 Å². The molecule has 0 fully saturated rings. The largest absolute Gasteiger partial charge is 0.423 e. The molecule has 198 valence electrons. The summed E-state index contributed by atoms with van der Waals surface area (Å²) >= 11 is 0. The lowest BCUT2D eigenvalue weighted by Gasteiger charge is -2.13. The van der Waals surface area contributed by atoms with Gasteiger partial charge >= 0.3 is 23.9 Å². The Labute approximate surface area is 225 Å². The Kier molecular flexibility index (Phi) is 8.96. The van der Waals surface area contributed by atoms with E-state index in [2.05, 4.69) is 19.7 Å². The molecule has 8 nitrogen and oxygen atoms in total. The summed E-state index contributed by atoms with van der Waals surface area (Å²) in [7, 11) is 0. The van der Waals surface area contributed by atoms with Crippen molar-refractivity contribution in [2.75, 3.05) is 0 Å². The molecule has 0 aliphatic rings. The van der Waals surface area contributed by atoms with Crippen molar-refractivity contribution in [3.05, 3.63) is 109 Å². The molecule has 8 heteroatoms. The zero-order valence-electron chi connectivity index (χ0n) is 21.7. The fraction of sp³-hybridized carbons (Fsp3) is 0.0968. The number of carbonyl (C=O) groups is 4. The number of esters is 4. The minimum absolute atomic E-state index is 0.123. The number of hydrogen-bond donors (Lipinski definition) is 0. The zero-order valence-corrected chi connectivity index (χ0v) is 21.7. The molecule has 0 N–H and O–H groups in total. The van der Waals surface area contributed by atoms with Crippen LogP contribution in [-0.2, 0) is 14.4 Å². The summed E-state index contributed by atoms with van der Waals surface area (Å²) < 4.78 is 21.3. The molecule has 39 heavy (non-hydrogen) atoms. The molecule has 0 unspecified atom stereocenters. The number of ether oxygens (including phenoxy) is 4. The van der Waals surface area contributed by atoms with Gasteiger partial charge in [0.25, 0.3) is 0 Å². The van der Waals surface area contributed by atoms with Gasteiger partial charge in [-0.1, -0.05) is 31.9 Å². The van der Waals surface area contributed by atoms with Crippen LogP contribution in [-0.4, -0.2) is 23.9 Å². The van der Waals surface area contributed by atoms with Crippen molar-refractivity contribution in [2.24, 2.45) is 0 Å². The van der Waals surface area contributed by atoms with Crippen LogP contribution in [0.15, 0.2) is 103 Å². The lowest BCUT2D eigenvalue weighted by Crippen LogP contribution is -2.11. The highest BCUT2D eigenvalue weighted by molar-refractivity contribution is 5.93. The van der Waals surface area contributed by atoms with E-state index in [9.17, 15) is 19.2 Å². The summed E-state index contributed by atoms with van der Waals surface area (Å²) in [4.78, 5) is 48.4. The third kappa shape index (κ3) is 7.62. The molecule has 0 saturated heterocycles. The number of benzene rings is 3. The van der Waals surface area contributed by atoms with Crippen LogP contribution in [0, 0.1) is 0 Å². The van der Waals surface area contributed by atoms with Gasteiger partial charge in [-0.15, -0.1) is 0 Å². The second-order valence-electron chi connectivity index (χ2n) is 8.61. The molecular formula is C31H26O8. The topological polar surface area (TPSA) is 105 Å². The molecule has 0 heterocycles. The van der Waals surface area contributed by atoms with Crippen molar-refractivity contribution >= 4 is 23.9 Å². The highest BCUT2D eigenvalue weighted by Crippen LogP contribution is 2.35. The first kappa shape index (κ1) is 28.3. The fourth-order valence-corrected chi connectivity index (χ4v) is 2.99. The van der Waals surface area contributed by atoms with E-state index in [4.69, 9.17) is 18.9 Å². The van der Waals surface area contributed by atoms with E-state index >= 15 is 0 Å². The first-order chi connectivity index (χ1) is 18.4. The molecule has 0 amide bonds. The standard InChI is InChI=1S/C31H26O8/c1-18(2)28(32)36-23-11-7-21(8-12-23)26-16-15-25(17-27(26)39-30(34)20(5)6)38-31(35)22-9-13-24(14-10-22)37-29(33)19(3)4/h7-17H,1,3,5H2,2,4,6H3. The third-order valence-corrected chi connectivity index (χ3v) is 5.09. The second-order valence-corrected chi connectivity index (χ2v) is 8.61. The lowest BCUT2D eigenvalue weighted by atomic mass is 10.0. The molecule has 3 rings (SSSR count). The minimum Gasteiger partial charge on any atom is -0.423 e. The van der Waals surface area contributed by atoms with Gasteiger partial charge in [0.2, 0.25) is 0 Å². The maximum atomic E-state index is 12.7. The Balaban J connectivity index is 1.84. The lowest BCUT2D eigenvalue weighted by molar-refractivity contribution is -0.130. The van der Waals surface area contributed by atoms with Crippen LogP contribution in [0.25, 0.3) is 11.1 Å². The molecule has 0 spiro atoms. The van der Waals surface area contributed by atoms with Gasteiger partial charge in [-0.05, 0) is 74.9 Å². The number of hydrogen-bond acceptors (Lipinski definition) is 8. The van der Waals surface area contributed by atoms with Gasteiger partial charge < -0.3 is 18.9 Å². The predicted octanol–water partition coefficient (Wildman–Crippen LogP) is 6.02. The molecular weight excluding hydrogens is 500 g/mol. The summed E-state index contributed by atoms with van der Waals surface area (Å²) in [6.07, 6.45) is 0. The summed E-state index contributed by atoms with van der Waals surface area (Å²) in [5.41, 5.74) is 2.05. The Morgan fingerprint density at radius 1 is 0.538 bits per heavy atom. The van der Waals surface area contributed by atoms with Crippen molar-refractivity contribution < 1.29 is 38.1 Å². The third-order valence-electron chi connectivity index (χ3n) is 5.09.